The number of nitrogen functional groups attached to an aromatic ring is 1. The maximum atomic E-state index is 12.0. The quantitative estimate of drug-likeness (QED) is 0.655. The van der Waals surface area contributed by atoms with E-state index in [4.69, 9.17) is 11.5 Å². The summed E-state index contributed by atoms with van der Waals surface area (Å²) in [6, 6.07) is 8.06. The summed E-state index contributed by atoms with van der Waals surface area (Å²) in [6.07, 6.45) is 1.21. The third-order valence-electron chi connectivity index (χ3n) is 2.33. The van der Waals surface area contributed by atoms with Crippen LogP contribution in [0.4, 0.5) is 22.2 Å². The molecule has 0 fully saturated rings. The summed E-state index contributed by atoms with van der Waals surface area (Å²) in [5.41, 5.74) is 11.3. The Morgan fingerprint density at radius 1 is 1.10 bits per heavy atom. The van der Waals surface area contributed by atoms with Crippen LogP contribution in [0.5, 0.6) is 0 Å². The van der Waals surface area contributed by atoms with Gasteiger partial charge < -0.3 is 16.8 Å². The first-order valence-electron chi connectivity index (χ1n) is 5.61. The van der Waals surface area contributed by atoms with E-state index in [1.54, 1.807) is 24.3 Å². The summed E-state index contributed by atoms with van der Waals surface area (Å²) in [5.74, 6) is -0.567. The summed E-state index contributed by atoms with van der Waals surface area (Å²) in [6.45, 7) is 0. The molecule has 2 aromatic rings. The maximum Gasteiger partial charge on any atom is 0.319 e. The number of nitrogens with one attached hydrogen (secondary N) is 2. The van der Waals surface area contributed by atoms with Crippen LogP contribution < -0.4 is 22.1 Å². The Bertz CT molecular complexity index is 644. The van der Waals surface area contributed by atoms with Crippen molar-refractivity contribution in [2.45, 2.75) is 0 Å². The van der Waals surface area contributed by atoms with Crippen molar-refractivity contribution >= 4 is 29.4 Å². The molecule has 0 aliphatic heterocycles. The topological polar surface area (TPSA) is 136 Å². The Balaban J connectivity index is 2.16. The molecule has 3 amide bonds. The monoisotopic (exact) mass is 272 g/mol. The molecule has 0 aliphatic carbocycles. The van der Waals surface area contributed by atoms with E-state index >= 15 is 0 Å². The van der Waals surface area contributed by atoms with Gasteiger partial charge in [0.2, 0.25) is 5.95 Å². The van der Waals surface area contributed by atoms with Crippen LogP contribution in [0.3, 0.4) is 0 Å². The standard InChI is InChI=1S/C12H12N6O2/c13-9-8(6-15-12(17-9)18-11(14)20)10(19)16-7-4-2-1-3-5-7/h1-6H,(H,16,19)(H5,13,14,15,17,18,20). The number of primary amides is 1. The SMILES string of the molecule is NC(=O)Nc1ncc(C(=O)Nc2ccccc2)c(N)n1. The van der Waals surface area contributed by atoms with Crippen molar-refractivity contribution in [1.29, 1.82) is 0 Å². The minimum Gasteiger partial charge on any atom is -0.383 e. The molecule has 8 nitrogen and oxygen atoms in total. The Morgan fingerprint density at radius 2 is 1.80 bits per heavy atom. The highest BCUT2D eigenvalue weighted by Gasteiger charge is 2.13. The van der Waals surface area contributed by atoms with Gasteiger partial charge in [0.15, 0.2) is 0 Å². The number of carbonyl (C=O) groups is 2. The molecule has 0 aliphatic rings. The average molecular weight is 272 g/mol. The normalized spacial score (nSPS) is 9.80. The highest BCUT2D eigenvalue weighted by molar-refractivity contribution is 6.07. The second-order valence-electron chi connectivity index (χ2n) is 3.80. The van der Waals surface area contributed by atoms with Crippen molar-refractivity contribution in [1.82, 2.24) is 9.97 Å². The van der Waals surface area contributed by atoms with Crippen LogP contribution in [0.2, 0.25) is 0 Å². The molecular weight excluding hydrogens is 260 g/mol. The Morgan fingerprint density at radius 3 is 2.40 bits per heavy atom. The number of nitrogens with zero attached hydrogens (tertiary/aromatic N) is 2. The predicted molar refractivity (Wildman–Crippen MR) is 74.0 cm³/mol. The van der Waals surface area contributed by atoms with Crippen LogP contribution in [-0.2, 0) is 0 Å². The summed E-state index contributed by atoms with van der Waals surface area (Å²) >= 11 is 0. The fourth-order valence-electron chi connectivity index (χ4n) is 1.46. The number of nitrogens with two attached hydrogens (primary N) is 2. The Labute approximate surface area is 114 Å². The third-order valence-corrected chi connectivity index (χ3v) is 2.33. The fraction of sp³-hybridized carbons (Fsp3) is 0. The Hall–Kier alpha value is -3.16. The number of para-hydroxylation sites is 1. The molecule has 1 aromatic carbocycles. The molecule has 1 heterocycles. The number of amides is 3. The minimum absolute atomic E-state index is 0.0582. The molecule has 1 aromatic heterocycles. The summed E-state index contributed by atoms with van der Waals surface area (Å²) in [5, 5.41) is 4.81. The van der Waals surface area contributed by atoms with Gasteiger partial charge in [0, 0.05) is 11.9 Å². The van der Waals surface area contributed by atoms with Gasteiger partial charge in [-0.05, 0) is 12.1 Å². The molecule has 0 spiro atoms. The van der Waals surface area contributed by atoms with Crippen LogP contribution in [0.25, 0.3) is 0 Å². The molecule has 0 radical (unpaired) electrons. The number of urea groups is 1. The number of aromatic nitrogens is 2. The van der Waals surface area contributed by atoms with Gasteiger partial charge >= 0.3 is 6.03 Å². The first kappa shape index (κ1) is 13.3. The lowest BCUT2D eigenvalue weighted by Gasteiger charge is -2.07. The summed E-state index contributed by atoms with van der Waals surface area (Å²) < 4.78 is 0. The first-order valence-corrected chi connectivity index (χ1v) is 5.61. The van der Waals surface area contributed by atoms with Crippen LogP contribution >= 0.6 is 0 Å². The first-order chi connectivity index (χ1) is 9.56. The van der Waals surface area contributed by atoms with Crippen LogP contribution in [-0.4, -0.2) is 21.9 Å². The van der Waals surface area contributed by atoms with Gasteiger partial charge in [0.25, 0.3) is 5.91 Å². The number of carbonyl (C=O) groups excluding carboxylic acids is 2. The van der Waals surface area contributed by atoms with Gasteiger partial charge in [-0.3, -0.25) is 10.1 Å². The number of benzene rings is 1. The van der Waals surface area contributed by atoms with Gasteiger partial charge in [-0.1, -0.05) is 18.2 Å². The Kier molecular flexibility index (Phi) is 3.75. The molecule has 2 rings (SSSR count). The highest BCUT2D eigenvalue weighted by atomic mass is 16.2. The minimum atomic E-state index is -0.814. The molecule has 8 heteroatoms. The molecule has 0 bridgehead atoms. The van der Waals surface area contributed by atoms with E-state index in [0.29, 0.717) is 5.69 Å². The average Bonchev–Trinajstić information content (AvgIpc) is 2.39. The molecular formula is C12H12N6O2. The number of anilines is 3. The number of hydrogen-bond donors (Lipinski definition) is 4. The second-order valence-corrected chi connectivity index (χ2v) is 3.80. The summed E-state index contributed by atoms with van der Waals surface area (Å²) in [7, 11) is 0. The van der Waals surface area contributed by atoms with Gasteiger partial charge in [0.05, 0.1) is 0 Å². The lowest BCUT2D eigenvalue weighted by molar-refractivity contribution is 0.102. The number of rotatable bonds is 3. The van der Waals surface area contributed by atoms with Crippen molar-refractivity contribution in [3.05, 3.63) is 42.1 Å². The zero-order chi connectivity index (χ0) is 14.5. The van der Waals surface area contributed by atoms with Crippen molar-refractivity contribution in [2.75, 3.05) is 16.4 Å². The molecule has 0 saturated carbocycles. The van der Waals surface area contributed by atoms with Crippen molar-refractivity contribution in [3.8, 4) is 0 Å². The van der Waals surface area contributed by atoms with E-state index in [9.17, 15) is 9.59 Å². The molecule has 0 atom stereocenters. The fourth-order valence-corrected chi connectivity index (χ4v) is 1.46. The van der Waals surface area contributed by atoms with Gasteiger partial charge in [0.1, 0.15) is 11.4 Å². The smallest absolute Gasteiger partial charge is 0.319 e. The van der Waals surface area contributed by atoms with E-state index in [0.717, 1.165) is 0 Å². The van der Waals surface area contributed by atoms with Gasteiger partial charge in [-0.15, -0.1) is 0 Å². The second kappa shape index (κ2) is 5.65. The van der Waals surface area contributed by atoms with Gasteiger partial charge in [-0.2, -0.15) is 4.98 Å². The van der Waals surface area contributed by atoms with Crippen LogP contribution in [0.1, 0.15) is 10.4 Å². The molecule has 20 heavy (non-hydrogen) atoms. The van der Waals surface area contributed by atoms with E-state index < -0.39 is 11.9 Å². The zero-order valence-electron chi connectivity index (χ0n) is 10.3. The number of hydrogen-bond acceptors (Lipinski definition) is 5. The molecule has 0 unspecified atom stereocenters. The van der Waals surface area contributed by atoms with Crippen molar-refractivity contribution in [3.63, 3.8) is 0 Å². The summed E-state index contributed by atoms with van der Waals surface area (Å²) in [4.78, 5) is 30.2. The molecule has 0 saturated heterocycles. The largest absolute Gasteiger partial charge is 0.383 e. The van der Waals surface area contributed by atoms with E-state index in [2.05, 4.69) is 20.6 Å². The maximum absolute atomic E-state index is 12.0. The van der Waals surface area contributed by atoms with Gasteiger partial charge in [-0.25, -0.2) is 9.78 Å². The third kappa shape index (κ3) is 3.19. The molecule has 102 valence electrons. The molecule has 6 N–H and O–H groups in total. The van der Waals surface area contributed by atoms with Crippen molar-refractivity contribution < 1.29 is 9.59 Å². The lowest BCUT2D eigenvalue weighted by atomic mass is 10.2. The predicted octanol–water partition coefficient (Wildman–Crippen LogP) is 0.802. The lowest BCUT2D eigenvalue weighted by Crippen LogP contribution is -2.22. The van der Waals surface area contributed by atoms with Crippen LogP contribution in [0, 0.1) is 0 Å². The van der Waals surface area contributed by atoms with Crippen molar-refractivity contribution in [2.24, 2.45) is 5.73 Å². The van der Waals surface area contributed by atoms with E-state index in [-0.39, 0.29) is 17.3 Å². The van der Waals surface area contributed by atoms with E-state index in [1.807, 2.05) is 6.07 Å². The highest BCUT2D eigenvalue weighted by Crippen LogP contribution is 2.13. The zero-order valence-corrected chi connectivity index (χ0v) is 10.3. The van der Waals surface area contributed by atoms with Crippen LogP contribution in [0.15, 0.2) is 36.5 Å². The van der Waals surface area contributed by atoms with E-state index in [1.165, 1.54) is 6.20 Å².